The highest BCUT2D eigenvalue weighted by Crippen LogP contribution is 2.17. The van der Waals surface area contributed by atoms with Gasteiger partial charge in [-0.2, -0.15) is 0 Å². The van der Waals surface area contributed by atoms with Crippen LogP contribution in [-0.4, -0.2) is 28.7 Å². The number of imidazole rings is 1. The van der Waals surface area contributed by atoms with Gasteiger partial charge in [0.25, 0.3) is 5.91 Å². The molecule has 0 bridgehead atoms. The normalized spacial score (nSPS) is 10.7. The molecule has 0 saturated heterocycles. The minimum Gasteiger partial charge on any atom is -0.492 e. The van der Waals surface area contributed by atoms with E-state index in [1.54, 1.807) is 0 Å². The number of nitrogens with zero attached hydrogens (tertiary/aromatic N) is 2. The molecule has 4 rings (SSSR count). The van der Waals surface area contributed by atoms with Gasteiger partial charge in [-0.15, -0.1) is 0 Å². The molecule has 1 heterocycles. The third-order valence-electron chi connectivity index (χ3n) is 4.62. The van der Waals surface area contributed by atoms with E-state index in [2.05, 4.69) is 14.9 Å². The van der Waals surface area contributed by atoms with E-state index < -0.39 is 0 Å². The van der Waals surface area contributed by atoms with E-state index in [9.17, 15) is 4.79 Å². The second-order valence-corrected chi connectivity index (χ2v) is 6.71. The number of fused-ring (bicyclic) bond motifs is 1. The van der Waals surface area contributed by atoms with Crippen molar-refractivity contribution in [1.29, 1.82) is 0 Å². The summed E-state index contributed by atoms with van der Waals surface area (Å²) in [5.74, 6) is 2.08. The molecule has 4 aromatic rings. The van der Waals surface area contributed by atoms with Crippen molar-refractivity contribution >= 4 is 16.9 Å². The van der Waals surface area contributed by atoms with Crippen LogP contribution in [0.2, 0.25) is 0 Å². The number of hydrogen-bond donors (Lipinski definition) is 1. The van der Waals surface area contributed by atoms with E-state index in [1.807, 2.05) is 84.9 Å². The summed E-state index contributed by atoms with van der Waals surface area (Å²) in [5, 5.41) is 2.89. The summed E-state index contributed by atoms with van der Waals surface area (Å²) in [7, 11) is 0. The zero-order chi connectivity index (χ0) is 20.6. The number of benzene rings is 3. The van der Waals surface area contributed by atoms with Crippen LogP contribution in [0.5, 0.6) is 11.5 Å². The molecule has 1 N–H and O–H groups in total. The topological polar surface area (TPSA) is 65.4 Å². The number of hydrogen-bond acceptors (Lipinski definition) is 4. The number of rotatable bonds is 9. The van der Waals surface area contributed by atoms with Crippen molar-refractivity contribution in [3.8, 4) is 11.5 Å². The number of carbonyl (C=O) groups is 1. The molecular formula is C24H23N3O3. The van der Waals surface area contributed by atoms with E-state index in [1.165, 1.54) is 0 Å². The lowest BCUT2D eigenvalue weighted by atomic mass is 10.3. The van der Waals surface area contributed by atoms with Crippen LogP contribution in [0.25, 0.3) is 11.0 Å². The Hall–Kier alpha value is -3.80. The second kappa shape index (κ2) is 9.60. The van der Waals surface area contributed by atoms with Gasteiger partial charge < -0.3 is 19.4 Å². The lowest BCUT2D eigenvalue weighted by Crippen LogP contribution is -2.29. The highest BCUT2D eigenvalue weighted by atomic mass is 16.5. The van der Waals surface area contributed by atoms with Crippen molar-refractivity contribution in [3.05, 3.63) is 90.8 Å². The Labute approximate surface area is 175 Å². The van der Waals surface area contributed by atoms with E-state index in [4.69, 9.17) is 9.47 Å². The molecule has 0 unspecified atom stereocenters. The summed E-state index contributed by atoms with van der Waals surface area (Å²) >= 11 is 0. The number of nitrogens with one attached hydrogen (secondary N) is 1. The third kappa shape index (κ3) is 4.97. The van der Waals surface area contributed by atoms with Gasteiger partial charge in [0.2, 0.25) is 0 Å². The highest BCUT2D eigenvalue weighted by molar-refractivity contribution is 5.78. The van der Waals surface area contributed by atoms with E-state index >= 15 is 0 Å². The summed E-state index contributed by atoms with van der Waals surface area (Å²) in [6.07, 6.45) is 0. The smallest absolute Gasteiger partial charge is 0.258 e. The van der Waals surface area contributed by atoms with Gasteiger partial charge in [-0.1, -0.05) is 48.5 Å². The first-order valence-corrected chi connectivity index (χ1v) is 9.86. The number of amides is 1. The van der Waals surface area contributed by atoms with Crippen molar-refractivity contribution in [2.24, 2.45) is 0 Å². The minimum absolute atomic E-state index is 0.0403. The van der Waals surface area contributed by atoms with Gasteiger partial charge in [0, 0.05) is 0 Å². The zero-order valence-corrected chi connectivity index (χ0v) is 16.5. The van der Waals surface area contributed by atoms with Crippen LogP contribution in [0.1, 0.15) is 5.82 Å². The lowest BCUT2D eigenvalue weighted by Gasteiger charge is -2.12. The molecular weight excluding hydrogens is 378 g/mol. The maximum atomic E-state index is 12.2. The summed E-state index contributed by atoms with van der Waals surface area (Å²) < 4.78 is 13.4. The maximum absolute atomic E-state index is 12.2. The van der Waals surface area contributed by atoms with Crippen LogP contribution >= 0.6 is 0 Å². The van der Waals surface area contributed by atoms with Gasteiger partial charge in [-0.05, 0) is 36.4 Å². The average Bonchev–Trinajstić information content (AvgIpc) is 3.15. The van der Waals surface area contributed by atoms with Gasteiger partial charge >= 0.3 is 0 Å². The Morgan fingerprint density at radius 1 is 0.833 bits per heavy atom. The van der Waals surface area contributed by atoms with Gasteiger partial charge in [0.05, 0.1) is 24.1 Å². The summed E-state index contributed by atoms with van der Waals surface area (Å²) in [5.41, 5.74) is 1.90. The second-order valence-electron chi connectivity index (χ2n) is 6.71. The zero-order valence-electron chi connectivity index (χ0n) is 16.5. The first kappa shape index (κ1) is 19.5. The maximum Gasteiger partial charge on any atom is 0.258 e. The lowest BCUT2D eigenvalue weighted by molar-refractivity contribution is -0.123. The van der Waals surface area contributed by atoms with Gasteiger partial charge in [-0.25, -0.2) is 4.98 Å². The van der Waals surface area contributed by atoms with E-state index in [0.29, 0.717) is 25.4 Å². The van der Waals surface area contributed by atoms with Gasteiger partial charge in [0.15, 0.2) is 6.61 Å². The van der Waals surface area contributed by atoms with Crippen molar-refractivity contribution in [3.63, 3.8) is 0 Å². The van der Waals surface area contributed by atoms with Gasteiger partial charge in [-0.3, -0.25) is 4.79 Å². The fourth-order valence-electron chi connectivity index (χ4n) is 3.18. The van der Waals surface area contributed by atoms with Crippen LogP contribution in [0.15, 0.2) is 84.9 Å². The molecule has 6 heteroatoms. The Morgan fingerprint density at radius 2 is 1.47 bits per heavy atom. The van der Waals surface area contributed by atoms with Crippen molar-refractivity contribution < 1.29 is 14.3 Å². The van der Waals surface area contributed by atoms with Crippen molar-refractivity contribution in [2.45, 2.75) is 13.1 Å². The van der Waals surface area contributed by atoms with Gasteiger partial charge in [0.1, 0.15) is 23.9 Å². The van der Waals surface area contributed by atoms with Crippen LogP contribution < -0.4 is 14.8 Å². The molecule has 0 radical (unpaired) electrons. The molecule has 1 amide bonds. The first-order chi connectivity index (χ1) is 14.8. The number of ether oxygens (including phenoxy) is 2. The predicted octanol–water partition coefficient (Wildman–Crippen LogP) is 3.81. The molecule has 1 aromatic heterocycles. The summed E-state index contributed by atoms with van der Waals surface area (Å²) in [4.78, 5) is 16.9. The third-order valence-corrected chi connectivity index (χ3v) is 4.62. The molecule has 0 aliphatic rings. The molecule has 0 aliphatic heterocycles. The molecule has 6 nitrogen and oxygen atoms in total. The fraction of sp³-hybridized carbons (Fsp3) is 0.167. The largest absolute Gasteiger partial charge is 0.492 e. The van der Waals surface area contributed by atoms with Crippen LogP contribution in [0, 0.1) is 0 Å². The Bertz CT molecular complexity index is 1090. The molecule has 3 aromatic carbocycles. The quantitative estimate of drug-likeness (QED) is 0.463. The molecule has 0 spiro atoms. The fourth-order valence-corrected chi connectivity index (χ4v) is 3.18. The SMILES string of the molecule is O=C(COc1ccccc1)NCc1nc2ccccc2n1CCOc1ccccc1. The minimum atomic E-state index is -0.196. The molecule has 0 aliphatic carbocycles. The average molecular weight is 401 g/mol. The first-order valence-electron chi connectivity index (χ1n) is 9.86. The van der Waals surface area contributed by atoms with Crippen LogP contribution in [0.4, 0.5) is 0 Å². The van der Waals surface area contributed by atoms with Crippen LogP contribution in [0.3, 0.4) is 0 Å². The monoisotopic (exact) mass is 401 g/mol. The molecule has 30 heavy (non-hydrogen) atoms. The Kier molecular flexibility index (Phi) is 6.25. The Balaban J connectivity index is 1.38. The standard InChI is InChI=1S/C24H23N3O3/c28-24(18-30-20-11-5-2-6-12-20)25-17-23-26-21-13-7-8-14-22(21)27(23)15-16-29-19-9-3-1-4-10-19/h1-14H,15-18H2,(H,25,28). The number of carbonyl (C=O) groups excluding carboxylic acids is 1. The summed E-state index contributed by atoms with van der Waals surface area (Å²) in [6, 6.07) is 26.9. The van der Waals surface area contributed by atoms with Crippen molar-refractivity contribution in [2.75, 3.05) is 13.2 Å². The predicted molar refractivity (Wildman–Crippen MR) is 115 cm³/mol. The number of aromatic nitrogens is 2. The van der Waals surface area contributed by atoms with Crippen molar-refractivity contribution in [1.82, 2.24) is 14.9 Å². The molecule has 0 atom stereocenters. The molecule has 0 fully saturated rings. The number of para-hydroxylation sites is 4. The molecule has 0 saturated carbocycles. The van der Waals surface area contributed by atoms with Crippen LogP contribution in [-0.2, 0) is 17.9 Å². The summed E-state index contributed by atoms with van der Waals surface area (Å²) in [6.45, 7) is 1.40. The molecule has 152 valence electrons. The van der Waals surface area contributed by atoms with E-state index in [-0.39, 0.29) is 12.5 Å². The highest BCUT2D eigenvalue weighted by Gasteiger charge is 2.12. The Morgan fingerprint density at radius 3 is 2.20 bits per heavy atom. The van der Waals surface area contributed by atoms with E-state index in [0.717, 1.165) is 22.6 Å².